The summed E-state index contributed by atoms with van der Waals surface area (Å²) in [4.78, 5) is 12.2. The first-order valence-corrected chi connectivity index (χ1v) is 11.4. The van der Waals surface area contributed by atoms with Gasteiger partial charge in [-0.1, -0.05) is 62.4 Å². The van der Waals surface area contributed by atoms with Crippen LogP contribution in [0.5, 0.6) is 0 Å². The summed E-state index contributed by atoms with van der Waals surface area (Å²) in [6.45, 7) is 5.80. The molecular formula is C24H25N2NaO4S. The predicted molar refractivity (Wildman–Crippen MR) is 122 cm³/mol. The average Bonchev–Trinajstić information content (AvgIpc) is 2.78. The third-order valence-electron chi connectivity index (χ3n) is 5.21. The molecule has 1 amide bonds. The Labute approximate surface area is 211 Å². The van der Waals surface area contributed by atoms with Crippen molar-refractivity contribution in [1.82, 2.24) is 5.48 Å². The number of benzene rings is 3. The van der Waals surface area contributed by atoms with Gasteiger partial charge in [0.1, 0.15) is 0 Å². The van der Waals surface area contributed by atoms with Crippen LogP contribution in [0.15, 0.2) is 77.7 Å². The van der Waals surface area contributed by atoms with Crippen LogP contribution in [-0.2, 0) is 16.6 Å². The molecule has 0 aliphatic heterocycles. The summed E-state index contributed by atoms with van der Waals surface area (Å²) in [5, 5.41) is 10.9. The zero-order chi connectivity index (χ0) is 22.6. The normalized spacial score (nSPS) is 11.0. The van der Waals surface area contributed by atoms with Crippen molar-refractivity contribution in [3.8, 4) is 0 Å². The van der Waals surface area contributed by atoms with Gasteiger partial charge in [0.05, 0.1) is 17.1 Å². The number of sulfonamides is 1. The summed E-state index contributed by atoms with van der Waals surface area (Å²) in [7, 11) is -3.94. The van der Waals surface area contributed by atoms with Crippen LogP contribution in [0.3, 0.4) is 0 Å². The van der Waals surface area contributed by atoms with Gasteiger partial charge >= 0.3 is 29.6 Å². The molecule has 8 heteroatoms. The van der Waals surface area contributed by atoms with E-state index in [0.29, 0.717) is 11.3 Å². The number of amides is 1. The Morgan fingerprint density at radius 1 is 0.969 bits per heavy atom. The molecule has 3 aromatic rings. The number of hydroxylamine groups is 1. The van der Waals surface area contributed by atoms with E-state index in [9.17, 15) is 18.4 Å². The molecule has 0 aliphatic carbocycles. The molecular weight excluding hydrogens is 435 g/mol. The molecule has 0 heterocycles. The molecule has 0 saturated carbocycles. The molecule has 3 rings (SSSR count). The molecule has 0 fully saturated rings. The van der Waals surface area contributed by atoms with Crippen molar-refractivity contribution in [3.63, 3.8) is 0 Å². The Balaban J connectivity index is 0.00000363. The Bertz CT molecular complexity index is 1160. The summed E-state index contributed by atoms with van der Waals surface area (Å²) in [5.74, 6) is -0.528. The standard InChI is InChI=1S/C24H25N2O4S.Na/c1-17(2)20-12-14-21(15-13-20)31(29,30)26(16-19-8-5-4-6-9-19)23-11-7-10-22(18(23)3)24(27)25-28;/h4-15,17H,16H2,1-3H3,(H-,25,27,28);/q-1;+1. The molecule has 32 heavy (non-hydrogen) atoms. The number of nitrogens with one attached hydrogen (secondary N) is 1. The maximum atomic E-state index is 13.7. The van der Waals surface area contributed by atoms with E-state index in [-0.39, 0.29) is 52.5 Å². The van der Waals surface area contributed by atoms with Crippen molar-refractivity contribution in [3.05, 3.63) is 100 Å². The first-order valence-electron chi connectivity index (χ1n) is 9.94. The van der Waals surface area contributed by atoms with Crippen LogP contribution in [0.2, 0.25) is 0 Å². The zero-order valence-corrected chi connectivity index (χ0v) is 21.5. The number of anilines is 1. The number of hydrogen-bond acceptors (Lipinski definition) is 4. The molecule has 3 aromatic carbocycles. The van der Waals surface area contributed by atoms with Crippen LogP contribution in [-0.4, -0.2) is 14.3 Å². The van der Waals surface area contributed by atoms with Crippen molar-refractivity contribution in [2.45, 2.75) is 38.1 Å². The molecule has 0 atom stereocenters. The van der Waals surface area contributed by atoms with Gasteiger partial charge < -0.3 is 10.7 Å². The van der Waals surface area contributed by atoms with E-state index < -0.39 is 15.9 Å². The Kier molecular flexibility index (Phi) is 9.07. The van der Waals surface area contributed by atoms with E-state index in [1.54, 1.807) is 31.2 Å². The molecule has 0 bridgehead atoms. The van der Waals surface area contributed by atoms with Gasteiger partial charge in [-0.05, 0) is 53.8 Å². The molecule has 0 spiro atoms. The molecule has 162 valence electrons. The SMILES string of the molecule is Cc1c(C(=O)N[O-])cccc1N(Cc1ccccc1)S(=O)(=O)c1ccc(C(C)C)cc1.[Na+]. The van der Waals surface area contributed by atoms with Crippen molar-refractivity contribution >= 4 is 21.6 Å². The van der Waals surface area contributed by atoms with E-state index in [1.165, 1.54) is 15.9 Å². The topological polar surface area (TPSA) is 89.5 Å². The number of carbonyl (C=O) groups excluding carboxylic acids is 1. The van der Waals surface area contributed by atoms with Gasteiger partial charge in [-0.25, -0.2) is 8.42 Å². The van der Waals surface area contributed by atoms with Crippen molar-refractivity contribution in [1.29, 1.82) is 0 Å². The molecule has 0 radical (unpaired) electrons. The van der Waals surface area contributed by atoms with Crippen LogP contribution in [0.25, 0.3) is 0 Å². The van der Waals surface area contributed by atoms with Crippen molar-refractivity contribution in [2.75, 3.05) is 4.31 Å². The van der Waals surface area contributed by atoms with E-state index in [2.05, 4.69) is 0 Å². The summed E-state index contributed by atoms with van der Waals surface area (Å²) < 4.78 is 28.7. The summed E-state index contributed by atoms with van der Waals surface area (Å²) in [6.07, 6.45) is 0. The van der Waals surface area contributed by atoms with Gasteiger partial charge in [0, 0.05) is 5.56 Å². The zero-order valence-electron chi connectivity index (χ0n) is 18.7. The van der Waals surface area contributed by atoms with Gasteiger partial charge in [-0.15, -0.1) is 0 Å². The predicted octanol–water partition coefficient (Wildman–Crippen LogP) is 1.75. The largest absolute Gasteiger partial charge is 1.00 e. The Hall–Kier alpha value is -2.16. The average molecular weight is 461 g/mol. The summed E-state index contributed by atoms with van der Waals surface area (Å²) in [5.41, 5.74) is 4.09. The maximum absolute atomic E-state index is 13.7. The fourth-order valence-corrected chi connectivity index (χ4v) is 4.91. The number of nitrogens with zero attached hydrogens (tertiary/aromatic N) is 1. The Morgan fingerprint density at radius 2 is 1.59 bits per heavy atom. The monoisotopic (exact) mass is 460 g/mol. The fraction of sp³-hybridized carbons (Fsp3) is 0.208. The van der Waals surface area contributed by atoms with E-state index in [4.69, 9.17) is 0 Å². The summed E-state index contributed by atoms with van der Waals surface area (Å²) in [6, 6.07) is 20.8. The van der Waals surface area contributed by atoms with Crippen LogP contribution in [0.4, 0.5) is 5.69 Å². The van der Waals surface area contributed by atoms with Gasteiger partial charge in [0.15, 0.2) is 0 Å². The van der Waals surface area contributed by atoms with Crippen LogP contribution >= 0.6 is 0 Å². The number of hydrogen-bond donors (Lipinski definition) is 1. The maximum Gasteiger partial charge on any atom is 1.00 e. The minimum atomic E-state index is -3.94. The number of rotatable bonds is 7. The molecule has 1 N–H and O–H groups in total. The van der Waals surface area contributed by atoms with E-state index in [1.807, 2.05) is 56.3 Å². The second kappa shape index (κ2) is 11.1. The van der Waals surface area contributed by atoms with Crippen molar-refractivity contribution < 1.29 is 42.8 Å². The molecule has 0 saturated heterocycles. The third-order valence-corrected chi connectivity index (χ3v) is 6.99. The van der Waals surface area contributed by atoms with Gasteiger partial charge in [-0.3, -0.25) is 9.10 Å². The minimum absolute atomic E-state index is 0. The quantitative estimate of drug-likeness (QED) is 0.430. The first kappa shape index (κ1) is 26.1. The van der Waals surface area contributed by atoms with Crippen LogP contribution < -0.4 is 39.3 Å². The van der Waals surface area contributed by atoms with E-state index in [0.717, 1.165) is 11.1 Å². The smallest absolute Gasteiger partial charge is 0.759 e. The van der Waals surface area contributed by atoms with Crippen molar-refractivity contribution in [2.24, 2.45) is 0 Å². The summed E-state index contributed by atoms with van der Waals surface area (Å²) >= 11 is 0. The third kappa shape index (κ3) is 5.60. The first-order chi connectivity index (χ1) is 14.8. The van der Waals surface area contributed by atoms with E-state index >= 15 is 0 Å². The molecule has 0 aliphatic rings. The van der Waals surface area contributed by atoms with Crippen LogP contribution in [0.1, 0.15) is 46.8 Å². The molecule has 6 nitrogen and oxygen atoms in total. The van der Waals surface area contributed by atoms with Gasteiger partial charge in [0.2, 0.25) is 5.91 Å². The fourth-order valence-electron chi connectivity index (χ4n) is 3.40. The van der Waals surface area contributed by atoms with Crippen LogP contribution in [0, 0.1) is 12.1 Å². The second-order valence-corrected chi connectivity index (χ2v) is 9.46. The second-order valence-electron chi connectivity index (χ2n) is 7.60. The Morgan fingerprint density at radius 3 is 2.16 bits per heavy atom. The van der Waals surface area contributed by atoms with Gasteiger partial charge in [-0.2, -0.15) is 0 Å². The molecule has 0 aromatic heterocycles. The number of carbonyl (C=O) groups is 1. The van der Waals surface area contributed by atoms with Gasteiger partial charge in [0.25, 0.3) is 10.0 Å². The minimum Gasteiger partial charge on any atom is -0.759 e. The molecule has 0 unspecified atom stereocenters.